The first-order chi connectivity index (χ1) is 22.9. The molecule has 47 heavy (non-hydrogen) atoms. The van der Waals surface area contributed by atoms with E-state index in [0.29, 0.717) is 32.2 Å². The van der Waals surface area contributed by atoms with Crippen molar-refractivity contribution in [1.29, 1.82) is 0 Å². The molecule has 0 bridgehead atoms. The maximum Gasteiger partial charge on any atom is 0.407 e. The molecular weight excluding hydrogens is 598 g/mol. The van der Waals surface area contributed by atoms with Gasteiger partial charge in [-0.1, -0.05) is 73.5 Å². The van der Waals surface area contributed by atoms with Gasteiger partial charge in [0.1, 0.15) is 19.3 Å². The summed E-state index contributed by atoms with van der Waals surface area (Å²) in [5.74, 6) is -1.58. The number of allylic oxidation sites excluding steroid dienone is 2. The highest BCUT2D eigenvalue weighted by Crippen LogP contribution is 2.44. The molecule has 2 aliphatic heterocycles. The molecule has 6 rings (SSSR count). The highest BCUT2D eigenvalue weighted by atomic mass is 16.6. The number of ether oxygens (including phenoxy) is 2. The number of aliphatic hydroxyl groups excluding tert-OH is 1. The summed E-state index contributed by atoms with van der Waals surface area (Å²) in [5, 5.41) is 15.7. The molecule has 3 unspecified atom stereocenters. The summed E-state index contributed by atoms with van der Waals surface area (Å²) in [6, 6.07) is 15.0. The second-order valence-electron chi connectivity index (χ2n) is 13.4. The van der Waals surface area contributed by atoms with E-state index in [9.17, 15) is 24.3 Å². The third-order valence-electron chi connectivity index (χ3n) is 10.3. The van der Waals surface area contributed by atoms with Crippen LogP contribution in [0.5, 0.6) is 0 Å². The van der Waals surface area contributed by atoms with Gasteiger partial charge in [-0.25, -0.2) is 9.59 Å². The number of hydrogen-bond donors (Lipinski definition) is 3. The fraction of sp³-hybridized carbons (Fsp3) is 0.514. The summed E-state index contributed by atoms with van der Waals surface area (Å²) >= 11 is 0. The van der Waals surface area contributed by atoms with Gasteiger partial charge < -0.3 is 30.1 Å². The van der Waals surface area contributed by atoms with Crippen molar-refractivity contribution in [2.75, 3.05) is 26.4 Å². The molecule has 3 atom stereocenters. The summed E-state index contributed by atoms with van der Waals surface area (Å²) < 4.78 is 11.4. The predicted octanol–water partition coefficient (Wildman–Crippen LogP) is 4.60. The number of cyclic esters (lactones) is 1. The number of alkyl carbamates (subject to hydrolysis) is 1. The molecule has 3 N–H and O–H groups in total. The molecule has 2 aromatic carbocycles. The third kappa shape index (κ3) is 7.38. The SMILES string of the molecule is O=C(CC1CC=CCCC(NC(=O)OCC2c3ccccc3-c3ccccc32)C(=O)OCC2CCCN2C1=O)NC1(CO)CCCC1. The van der Waals surface area contributed by atoms with Crippen molar-refractivity contribution in [2.24, 2.45) is 5.92 Å². The van der Waals surface area contributed by atoms with Crippen LogP contribution in [0.25, 0.3) is 11.1 Å². The molecule has 3 amide bonds. The quantitative estimate of drug-likeness (QED) is 0.297. The van der Waals surface area contributed by atoms with Gasteiger partial charge in [-0.05, 0) is 67.2 Å². The molecule has 2 fully saturated rings. The first-order valence-corrected chi connectivity index (χ1v) is 17.0. The number of nitrogens with zero attached hydrogens (tertiary/aromatic N) is 1. The number of amides is 3. The molecule has 2 aromatic rings. The smallest absolute Gasteiger partial charge is 0.407 e. The Morgan fingerprint density at radius 3 is 2.36 bits per heavy atom. The molecule has 4 aliphatic rings. The highest BCUT2D eigenvalue weighted by molar-refractivity contribution is 5.87. The molecule has 2 heterocycles. The molecule has 10 nitrogen and oxygen atoms in total. The summed E-state index contributed by atoms with van der Waals surface area (Å²) in [7, 11) is 0. The first-order valence-electron chi connectivity index (χ1n) is 17.0. The minimum atomic E-state index is -0.913. The Bertz CT molecular complexity index is 1450. The number of carbonyl (C=O) groups excluding carboxylic acids is 4. The fourth-order valence-electron chi connectivity index (χ4n) is 7.70. The Kier molecular flexibility index (Phi) is 10.3. The van der Waals surface area contributed by atoms with Crippen LogP contribution >= 0.6 is 0 Å². The lowest BCUT2D eigenvalue weighted by Crippen LogP contribution is -2.50. The van der Waals surface area contributed by atoms with Gasteiger partial charge in [-0.3, -0.25) is 9.59 Å². The second kappa shape index (κ2) is 14.7. The van der Waals surface area contributed by atoms with E-state index in [1.807, 2.05) is 36.4 Å². The van der Waals surface area contributed by atoms with Crippen LogP contribution in [-0.2, 0) is 23.9 Å². The van der Waals surface area contributed by atoms with Crippen molar-refractivity contribution < 1.29 is 33.8 Å². The Hall–Kier alpha value is -4.18. The fourth-order valence-corrected chi connectivity index (χ4v) is 7.70. The van der Waals surface area contributed by atoms with Gasteiger partial charge in [0.05, 0.1) is 24.1 Å². The standard InChI is InChI=1S/C37H45N3O7/c41-24-37(18-8-9-19-37)39-33(42)21-25-11-2-1-3-17-32(35(44)46-22-26-12-10-20-40(26)34(25)43)38-36(45)47-23-31-29-15-6-4-13-27(29)28-14-5-7-16-30(28)31/h1-2,4-7,13-16,25-26,31-32,41H,3,8-12,17-24H2,(H,38,45)(H,39,42). The maximum absolute atomic E-state index is 13.7. The number of aliphatic hydroxyl groups is 1. The van der Waals surface area contributed by atoms with Crippen molar-refractivity contribution in [3.8, 4) is 11.1 Å². The van der Waals surface area contributed by atoms with E-state index in [2.05, 4.69) is 34.9 Å². The Morgan fingerprint density at radius 2 is 1.66 bits per heavy atom. The zero-order valence-corrected chi connectivity index (χ0v) is 26.8. The van der Waals surface area contributed by atoms with Crippen molar-refractivity contribution in [1.82, 2.24) is 15.5 Å². The van der Waals surface area contributed by atoms with Crippen molar-refractivity contribution in [2.45, 2.75) is 87.7 Å². The van der Waals surface area contributed by atoms with E-state index in [-0.39, 0.29) is 50.0 Å². The Balaban J connectivity index is 1.09. The summed E-state index contributed by atoms with van der Waals surface area (Å²) in [4.78, 5) is 54.9. The molecule has 1 saturated heterocycles. The van der Waals surface area contributed by atoms with E-state index in [1.54, 1.807) is 4.90 Å². The number of benzene rings is 2. The van der Waals surface area contributed by atoms with Crippen LogP contribution in [0.2, 0.25) is 0 Å². The monoisotopic (exact) mass is 643 g/mol. The predicted molar refractivity (Wildman–Crippen MR) is 175 cm³/mol. The molecular formula is C37H45N3O7. The number of esters is 1. The van der Waals surface area contributed by atoms with Gasteiger partial charge in [0.15, 0.2) is 0 Å². The van der Waals surface area contributed by atoms with Crippen LogP contribution in [0.3, 0.4) is 0 Å². The Morgan fingerprint density at radius 1 is 0.957 bits per heavy atom. The van der Waals surface area contributed by atoms with Crippen LogP contribution < -0.4 is 10.6 Å². The summed E-state index contributed by atoms with van der Waals surface area (Å²) in [6.45, 7) is 0.579. The van der Waals surface area contributed by atoms with Crippen LogP contribution in [0.1, 0.15) is 81.3 Å². The zero-order valence-electron chi connectivity index (χ0n) is 26.8. The summed E-state index contributed by atoms with van der Waals surface area (Å²) in [6.07, 6.45) is 9.07. The molecule has 250 valence electrons. The Labute approximate surface area is 275 Å². The van der Waals surface area contributed by atoms with E-state index >= 15 is 0 Å². The second-order valence-corrected chi connectivity index (χ2v) is 13.4. The summed E-state index contributed by atoms with van der Waals surface area (Å²) in [5.41, 5.74) is 3.87. The van der Waals surface area contributed by atoms with Crippen molar-refractivity contribution in [3.05, 3.63) is 71.8 Å². The highest BCUT2D eigenvalue weighted by Gasteiger charge is 2.38. The van der Waals surface area contributed by atoms with Gasteiger partial charge in [-0.2, -0.15) is 0 Å². The number of nitrogens with one attached hydrogen (secondary N) is 2. The van der Waals surface area contributed by atoms with Gasteiger partial charge in [0.2, 0.25) is 11.8 Å². The van der Waals surface area contributed by atoms with Crippen LogP contribution in [0.4, 0.5) is 4.79 Å². The van der Waals surface area contributed by atoms with Gasteiger partial charge >= 0.3 is 12.1 Å². The average molecular weight is 644 g/mol. The lowest BCUT2D eigenvalue weighted by molar-refractivity contribution is -0.150. The molecule has 0 radical (unpaired) electrons. The molecule has 0 spiro atoms. The number of carbonyl (C=O) groups is 4. The van der Waals surface area contributed by atoms with E-state index < -0.39 is 29.6 Å². The number of fused-ring (bicyclic) bond motifs is 4. The van der Waals surface area contributed by atoms with Crippen LogP contribution in [0, 0.1) is 5.92 Å². The van der Waals surface area contributed by atoms with Crippen molar-refractivity contribution >= 4 is 23.9 Å². The normalized spacial score (nSPS) is 24.2. The van der Waals surface area contributed by atoms with E-state index in [4.69, 9.17) is 9.47 Å². The minimum Gasteiger partial charge on any atom is -0.462 e. The lowest BCUT2D eigenvalue weighted by atomic mass is 9.95. The molecule has 2 aliphatic carbocycles. The van der Waals surface area contributed by atoms with E-state index in [1.165, 1.54) is 0 Å². The van der Waals surface area contributed by atoms with Crippen LogP contribution in [0.15, 0.2) is 60.7 Å². The number of hydrogen-bond acceptors (Lipinski definition) is 7. The van der Waals surface area contributed by atoms with E-state index in [0.717, 1.165) is 54.4 Å². The largest absolute Gasteiger partial charge is 0.462 e. The maximum atomic E-state index is 13.7. The number of rotatable bonds is 7. The zero-order chi connectivity index (χ0) is 32.8. The molecule has 1 saturated carbocycles. The first kappa shape index (κ1) is 32.7. The van der Waals surface area contributed by atoms with Gasteiger partial charge in [-0.15, -0.1) is 0 Å². The average Bonchev–Trinajstić information content (AvgIpc) is 3.82. The van der Waals surface area contributed by atoms with Gasteiger partial charge in [0, 0.05) is 18.9 Å². The van der Waals surface area contributed by atoms with Crippen molar-refractivity contribution in [3.63, 3.8) is 0 Å². The van der Waals surface area contributed by atoms with Gasteiger partial charge in [0.25, 0.3) is 0 Å². The minimum absolute atomic E-state index is 0.0212. The molecule has 10 heteroatoms. The van der Waals surface area contributed by atoms with Crippen LogP contribution in [-0.4, -0.2) is 77.9 Å². The molecule has 0 aromatic heterocycles. The lowest BCUT2D eigenvalue weighted by Gasteiger charge is -2.31. The topological polar surface area (TPSA) is 134 Å². The third-order valence-corrected chi connectivity index (χ3v) is 10.3.